The molecule has 0 aromatic heterocycles. The Kier molecular flexibility index (Phi) is 4.03. The van der Waals surface area contributed by atoms with E-state index in [0.717, 1.165) is 0 Å². The predicted molar refractivity (Wildman–Crippen MR) is 62.9 cm³/mol. The fourth-order valence-electron chi connectivity index (χ4n) is 1.22. The molecule has 2 N–H and O–H groups in total. The Balaban J connectivity index is 2.97. The standard InChI is InChI=1S/C11H12F2N2O4/c1-11(2,10(16)17)5-14-9-7(12)3-6(15(18)19)4-8(9)13/h3-4,14H,5H2,1-2H3,(H,16,17). The van der Waals surface area contributed by atoms with E-state index in [1.807, 2.05) is 0 Å². The largest absolute Gasteiger partial charge is 0.481 e. The lowest BCUT2D eigenvalue weighted by Gasteiger charge is -2.20. The summed E-state index contributed by atoms with van der Waals surface area (Å²) in [5.74, 6) is -3.43. The topological polar surface area (TPSA) is 92.5 Å². The summed E-state index contributed by atoms with van der Waals surface area (Å²) in [5, 5.41) is 21.6. The molecule has 0 amide bonds. The number of nitrogens with zero attached hydrogens (tertiary/aromatic N) is 1. The monoisotopic (exact) mass is 274 g/mol. The molecule has 19 heavy (non-hydrogen) atoms. The Labute approximate surface area is 107 Å². The van der Waals surface area contributed by atoms with Gasteiger partial charge in [-0.1, -0.05) is 0 Å². The summed E-state index contributed by atoms with van der Waals surface area (Å²) in [6, 6.07) is 1.14. The predicted octanol–water partition coefficient (Wildman–Crippen LogP) is 2.40. The Morgan fingerprint density at radius 3 is 2.26 bits per heavy atom. The zero-order valence-electron chi connectivity index (χ0n) is 10.2. The van der Waals surface area contributed by atoms with Crippen LogP contribution >= 0.6 is 0 Å². The first-order valence-electron chi connectivity index (χ1n) is 5.26. The summed E-state index contributed by atoms with van der Waals surface area (Å²) in [4.78, 5) is 20.3. The van der Waals surface area contributed by atoms with E-state index >= 15 is 0 Å². The number of rotatable bonds is 5. The Hall–Kier alpha value is -2.25. The van der Waals surface area contributed by atoms with E-state index in [0.29, 0.717) is 12.1 Å². The lowest BCUT2D eigenvalue weighted by Crippen LogP contribution is -2.32. The van der Waals surface area contributed by atoms with E-state index in [1.165, 1.54) is 13.8 Å². The molecular formula is C11H12F2N2O4. The number of carboxylic acid groups (broad SMARTS) is 1. The number of hydrogen-bond donors (Lipinski definition) is 2. The van der Waals surface area contributed by atoms with Crippen LogP contribution in [0.5, 0.6) is 0 Å². The third kappa shape index (κ3) is 3.36. The first-order chi connectivity index (χ1) is 8.65. The van der Waals surface area contributed by atoms with Gasteiger partial charge < -0.3 is 10.4 Å². The molecule has 0 heterocycles. The van der Waals surface area contributed by atoms with Crippen LogP contribution in [0.15, 0.2) is 12.1 Å². The van der Waals surface area contributed by atoms with Crippen molar-refractivity contribution >= 4 is 17.3 Å². The molecule has 8 heteroatoms. The number of nitro benzene ring substituents is 1. The maximum Gasteiger partial charge on any atom is 0.310 e. The van der Waals surface area contributed by atoms with Crippen molar-refractivity contribution in [3.63, 3.8) is 0 Å². The van der Waals surface area contributed by atoms with Gasteiger partial charge in [-0.3, -0.25) is 14.9 Å². The first kappa shape index (κ1) is 14.8. The molecule has 1 rings (SSSR count). The number of nitro groups is 1. The fourth-order valence-corrected chi connectivity index (χ4v) is 1.22. The second-order valence-electron chi connectivity index (χ2n) is 4.58. The summed E-state index contributed by atoms with van der Waals surface area (Å²) in [6.07, 6.45) is 0. The van der Waals surface area contributed by atoms with Crippen LogP contribution in [0.1, 0.15) is 13.8 Å². The summed E-state index contributed by atoms with van der Waals surface area (Å²) in [5.41, 5.74) is -2.53. The maximum atomic E-state index is 13.5. The van der Waals surface area contributed by atoms with Crippen molar-refractivity contribution in [1.82, 2.24) is 0 Å². The third-order valence-electron chi connectivity index (χ3n) is 2.52. The third-order valence-corrected chi connectivity index (χ3v) is 2.52. The number of nitrogens with one attached hydrogen (secondary N) is 1. The molecule has 0 fully saturated rings. The van der Waals surface area contributed by atoms with Gasteiger partial charge in [0.2, 0.25) is 0 Å². The van der Waals surface area contributed by atoms with Crippen molar-refractivity contribution in [2.24, 2.45) is 5.41 Å². The number of aliphatic carboxylic acids is 1. The van der Waals surface area contributed by atoms with Crippen molar-refractivity contribution in [2.45, 2.75) is 13.8 Å². The number of carbonyl (C=O) groups is 1. The van der Waals surface area contributed by atoms with Gasteiger partial charge in [0.05, 0.1) is 22.5 Å². The first-order valence-corrected chi connectivity index (χ1v) is 5.26. The average Bonchev–Trinajstić information content (AvgIpc) is 2.27. The van der Waals surface area contributed by atoms with E-state index < -0.39 is 39.3 Å². The molecule has 0 bridgehead atoms. The van der Waals surface area contributed by atoms with Gasteiger partial charge in [-0.05, 0) is 13.8 Å². The molecule has 0 aliphatic carbocycles. The molecule has 0 aliphatic heterocycles. The highest BCUT2D eigenvalue weighted by molar-refractivity contribution is 5.74. The van der Waals surface area contributed by atoms with Crippen molar-refractivity contribution < 1.29 is 23.6 Å². The van der Waals surface area contributed by atoms with Crippen molar-refractivity contribution in [2.75, 3.05) is 11.9 Å². The number of non-ortho nitro benzene ring substituents is 1. The second kappa shape index (κ2) is 5.17. The lowest BCUT2D eigenvalue weighted by atomic mass is 9.94. The number of halogens is 2. The van der Waals surface area contributed by atoms with Crippen LogP contribution in [0.25, 0.3) is 0 Å². The molecular weight excluding hydrogens is 262 g/mol. The summed E-state index contributed by atoms with van der Waals surface area (Å²) in [6.45, 7) is 2.53. The van der Waals surface area contributed by atoms with E-state index in [9.17, 15) is 23.7 Å². The van der Waals surface area contributed by atoms with E-state index in [2.05, 4.69) is 5.32 Å². The normalized spacial score (nSPS) is 11.2. The van der Waals surface area contributed by atoms with Crippen LogP contribution in [-0.4, -0.2) is 22.5 Å². The Morgan fingerprint density at radius 2 is 1.89 bits per heavy atom. The molecule has 0 unspecified atom stereocenters. The van der Waals surface area contributed by atoms with Gasteiger partial charge in [0.25, 0.3) is 5.69 Å². The smallest absolute Gasteiger partial charge is 0.310 e. The van der Waals surface area contributed by atoms with Gasteiger partial charge >= 0.3 is 5.97 Å². The zero-order chi connectivity index (χ0) is 14.8. The van der Waals surface area contributed by atoms with Crippen LogP contribution in [0.2, 0.25) is 0 Å². The van der Waals surface area contributed by atoms with Crippen LogP contribution in [0.4, 0.5) is 20.2 Å². The van der Waals surface area contributed by atoms with Gasteiger partial charge in [0, 0.05) is 6.54 Å². The van der Waals surface area contributed by atoms with E-state index in [4.69, 9.17) is 5.11 Å². The highest BCUT2D eigenvalue weighted by Gasteiger charge is 2.28. The van der Waals surface area contributed by atoms with Crippen molar-refractivity contribution in [3.05, 3.63) is 33.9 Å². The Bertz CT molecular complexity index is 508. The fraction of sp³-hybridized carbons (Fsp3) is 0.364. The Morgan fingerprint density at radius 1 is 1.42 bits per heavy atom. The molecule has 6 nitrogen and oxygen atoms in total. The molecule has 0 aliphatic rings. The minimum absolute atomic E-state index is 0.228. The number of benzene rings is 1. The van der Waals surface area contributed by atoms with Gasteiger partial charge in [0.1, 0.15) is 5.69 Å². The molecule has 0 atom stereocenters. The summed E-state index contributed by atoms with van der Waals surface area (Å²) in [7, 11) is 0. The van der Waals surface area contributed by atoms with Crippen molar-refractivity contribution in [1.29, 1.82) is 0 Å². The summed E-state index contributed by atoms with van der Waals surface area (Å²) >= 11 is 0. The quantitative estimate of drug-likeness (QED) is 0.635. The molecule has 0 saturated carbocycles. The average molecular weight is 274 g/mol. The second-order valence-corrected chi connectivity index (χ2v) is 4.58. The van der Waals surface area contributed by atoms with Gasteiger partial charge in [0.15, 0.2) is 11.6 Å². The molecule has 0 radical (unpaired) electrons. The van der Waals surface area contributed by atoms with Crippen LogP contribution in [0.3, 0.4) is 0 Å². The number of carboxylic acids is 1. The SMILES string of the molecule is CC(C)(CNc1c(F)cc([N+](=O)[O-])cc1F)C(=O)O. The molecule has 104 valence electrons. The van der Waals surface area contributed by atoms with Gasteiger partial charge in [-0.25, -0.2) is 8.78 Å². The molecule has 0 saturated heterocycles. The number of hydrogen-bond acceptors (Lipinski definition) is 4. The maximum absolute atomic E-state index is 13.5. The highest BCUT2D eigenvalue weighted by atomic mass is 19.1. The van der Waals surface area contributed by atoms with E-state index in [-0.39, 0.29) is 6.54 Å². The highest BCUT2D eigenvalue weighted by Crippen LogP contribution is 2.26. The van der Waals surface area contributed by atoms with Crippen LogP contribution in [-0.2, 0) is 4.79 Å². The van der Waals surface area contributed by atoms with Gasteiger partial charge in [-0.15, -0.1) is 0 Å². The van der Waals surface area contributed by atoms with Crippen molar-refractivity contribution in [3.8, 4) is 0 Å². The minimum atomic E-state index is -1.24. The minimum Gasteiger partial charge on any atom is -0.481 e. The number of anilines is 1. The molecule has 1 aromatic rings. The zero-order valence-corrected chi connectivity index (χ0v) is 10.2. The molecule has 1 aromatic carbocycles. The summed E-state index contributed by atoms with van der Waals surface area (Å²) < 4.78 is 27.0. The van der Waals surface area contributed by atoms with Crippen LogP contribution < -0.4 is 5.32 Å². The van der Waals surface area contributed by atoms with Gasteiger partial charge in [-0.2, -0.15) is 0 Å². The molecule has 0 spiro atoms. The van der Waals surface area contributed by atoms with E-state index in [1.54, 1.807) is 0 Å². The lowest BCUT2D eigenvalue weighted by molar-refractivity contribution is -0.385. The van der Waals surface area contributed by atoms with Crippen LogP contribution in [0, 0.1) is 27.2 Å².